The van der Waals surface area contributed by atoms with Gasteiger partial charge in [0.25, 0.3) is 0 Å². The number of amides is 1. The highest BCUT2D eigenvalue weighted by atomic mass is 16.5. The summed E-state index contributed by atoms with van der Waals surface area (Å²) in [6.45, 7) is 2.14. The maximum atomic E-state index is 12.2. The van der Waals surface area contributed by atoms with Crippen LogP contribution < -0.4 is 24.8 Å². The normalized spacial score (nSPS) is 10.0. The molecule has 0 saturated heterocycles. The number of methoxy groups -OCH3 is 3. The zero-order valence-corrected chi connectivity index (χ0v) is 14.3. The molecule has 128 valence electrons. The molecule has 6 heteroatoms. The Kier molecular flexibility index (Phi) is 5.89. The Morgan fingerprint density at radius 3 is 2.17 bits per heavy atom. The van der Waals surface area contributed by atoms with Gasteiger partial charge in [0.1, 0.15) is 0 Å². The second-order valence-corrected chi connectivity index (χ2v) is 5.13. The molecule has 0 heterocycles. The summed E-state index contributed by atoms with van der Waals surface area (Å²) in [5, 5.41) is 5.93. The van der Waals surface area contributed by atoms with Gasteiger partial charge in [-0.3, -0.25) is 4.79 Å². The Morgan fingerprint density at radius 1 is 1.00 bits per heavy atom. The van der Waals surface area contributed by atoms with Crippen LogP contribution in [0.5, 0.6) is 17.2 Å². The van der Waals surface area contributed by atoms with Gasteiger partial charge in [0.15, 0.2) is 11.5 Å². The predicted octanol–water partition coefficient (Wildman–Crippen LogP) is 3.07. The van der Waals surface area contributed by atoms with Crippen molar-refractivity contribution in [1.82, 2.24) is 0 Å². The molecule has 0 aromatic heterocycles. The van der Waals surface area contributed by atoms with E-state index in [-0.39, 0.29) is 12.5 Å². The van der Waals surface area contributed by atoms with Crippen molar-refractivity contribution >= 4 is 17.3 Å². The SMILES string of the molecule is COc1cc(NC(=O)CNc2ccccc2C)cc(OC)c1OC. The zero-order chi connectivity index (χ0) is 17.5. The molecule has 0 spiro atoms. The highest BCUT2D eigenvalue weighted by Gasteiger charge is 2.14. The molecule has 0 unspecified atom stereocenters. The Labute approximate surface area is 141 Å². The minimum atomic E-state index is -0.174. The van der Waals surface area contributed by atoms with Crippen LogP contribution in [0.2, 0.25) is 0 Å². The first-order chi connectivity index (χ1) is 11.6. The number of anilines is 2. The quantitative estimate of drug-likeness (QED) is 0.816. The molecule has 0 saturated carbocycles. The number of benzene rings is 2. The number of para-hydroxylation sites is 1. The van der Waals surface area contributed by atoms with E-state index < -0.39 is 0 Å². The number of carbonyl (C=O) groups is 1. The molecule has 24 heavy (non-hydrogen) atoms. The van der Waals surface area contributed by atoms with Crippen LogP contribution in [0, 0.1) is 6.92 Å². The lowest BCUT2D eigenvalue weighted by atomic mass is 10.2. The summed E-state index contributed by atoms with van der Waals surface area (Å²) in [6, 6.07) is 11.2. The molecule has 6 nitrogen and oxygen atoms in total. The molecule has 0 aliphatic rings. The molecule has 2 aromatic rings. The van der Waals surface area contributed by atoms with Gasteiger partial charge < -0.3 is 24.8 Å². The third-order valence-electron chi connectivity index (χ3n) is 3.53. The fourth-order valence-electron chi connectivity index (χ4n) is 2.31. The van der Waals surface area contributed by atoms with E-state index in [0.717, 1.165) is 11.3 Å². The number of nitrogens with one attached hydrogen (secondary N) is 2. The van der Waals surface area contributed by atoms with Gasteiger partial charge >= 0.3 is 0 Å². The minimum absolute atomic E-state index is 0.154. The van der Waals surface area contributed by atoms with E-state index in [0.29, 0.717) is 22.9 Å². The minimum Gasteiger partial charge on any atom is -0.493 e. The maximum absolute atomic E-state index is 12.2. The molecule has 2 rings (SSSR count). The summed E-state index contributed by atoms with van der Waals surface area (Å²) >= 11 is 0. The Hall–Kier alpha value is -2.89. The van der Waals surface area contributed by atoms with Gasteiger partial charge in [-0.05, 0) is 18.6 Å². The standard InChI is InChI=1S/C18H22N2O4/c1-12-7-5-6-8-14(12)19-11-17(21)20-13-9-15(22-2)18(24-4)16(10-13)23-3/h5-10,19H,11H2,1-4H3,(H,20,21). The molecule has 0 atom stereocenters. The van der Waals surface area contributed by atoms with Crippen molar-refractivity contribution in [3.8, 4) is 17.2 Å². The molecule has 0 bridgehead atoms. The second-order valence-electron chi connectivity index (χ2n) is 5.13. The highest BCUT2D eigenvalue weighted by molar-refractivity contribution is 5.94. The largest absolute Gasteiger partial charge is 0.493 e. The van der Waals surface area contributed by atoms with Crippen LogP contribution >= 0.6 is 0 Å². The van der Waals surface area contributed by atoms with Gasteiger partial charge in [0, 0.05) is 23.5 Å². The van der Waals surface area contributed by atoms with Gasteiger partial charge in [-0.25, -0.2) is 0 Å². The van der Waals surface area contributed by atoms with E-state index in [1.54, 1.807) is 12.1 Å². The highest BCUT2D eigenvalue weighted by Crippen LogP contribution is 2.39. The van der Waals surface area contributed by atoms with Crippen LogP contribution in [0.25, 0.3) is 0 Å². The predicted molar refractivity (Wildman–Crippen MR) is 94.4 cm³/mol. The van der Waals surface area contributed by atoms with Crippen LogP contribution in [-0.4, -0.2) is 33.8 Å². The van der Waals surface area contributed by atoms with Crippen molar-refractivity contribution in [3.63, 3.8) is 0 Å². The van der Waals surface area contributed by atoms with Gasteiger partial charge in [-0.15, -0.1) is 0 Å². The van der Waals surface area contributed by atoms with Gasteiger partial charge in [0.05, 0.1) is 27.9 Å². The molecule has 1 amide bonds. The van der Waals surface area contributed by atoms with Crippen LogP contribution in [-0.2, 0) is 4.79 Å². The fourth-order valence-corrected chi connectivity index (χ4v) is 2.31. The number of hydrogen-bond donors (Lipinski definition) is 2. The summed E-state index contributed by atoms with van der Waals surface area (Å²) in [6.07, 6.45) is 0. The van der Waals surface area contributed by atoms with Crippen LogP contribution in [0.15, 0.2) is 36.4 Å². The summed E-state index contributed by atoms with van der Waals surface area (Å²) in [5.41, 5.74) is 2.58. The van der Waals surface area contributed by atoms with E-state index in [1.807, 2.05) is 31.2 Å². The molecule has 2 N–H and O–H groups in total. The van der Waals surface area contributed by atoms with Crippen molar-refractivity contribution in [2.75, 3.05) is 38.5 Å². The average molecular weight is 330 g/mol. The summed E-state index contributed by atoms with van der Waals surface area (Å²) in [5.74, 6) is 1.28. The molecule has 2 aromatic carbocycles. The Balaban J connectivity index is 2.07. The lowest BCUT2D eigenvalue weighted by molar-refractivity contribution is -0.114. The number of ether oxygens (including phenoxy) is 3. The molecule has 0 fully saturated rings. The fraction of sp³-hybridized carbons (Fsp3) is 0.278. The third-order valence-corrected chi connectivity index (χ3v) is 3.53. The van der Waals surface area contributed by atoms with Gasteiger partial charge in [0.2, 0.25) is 11.7 Å². The average Bonchev–Trinajstić information content (AvgIpc) is 2.60. The first-order valence-electron chi connectivity index (χ1n) is 7.48. The summed E-state index contributed by atoms with van der Waals surface area (Å²) in [7, 11) is 4.59. The van der Waals surface area contributed by atoms with Crippen molar-refractivity contribution in [2.24, 2.45) is 0 Å². The van der Waals surface area contributed by atoms with Crippen molar-refractivity contribution < 1.29 is 19.0 Å². The molecular weight excluding hydrogens is 308 g/mol. The molecule has 0 aliphatic heterocycles. The number of carbonyl (C=O) groups excluding carboxylic acids is 1. The zero-order valence-electron chi connectivity index (χ0n) is 14.3. The summed E-state index contributed by atoms with van der Waals surface area (Å²) < 4.78 is 15.8. The van der Waals surface area contributed by atoms with Crippen LogP contribution in [0.3, 0.4) is 0 Å². The van der Waals surface area contributed by atoms with Crippen molar-refractivity contribution in [2.45, 2.75) is 6.92 Å². The first kappa shape index (κ1) is 17.5. The van der Waals surface area contributed by atoms with E-state index in [4.69, 9.17) is 14.2 Å². The van der Waals surface area contributed by atoms with Gasteiger partial charge in [-0.1, -0.05) is 18.2 Å². The molecular formula is C18H22N2O4. The van der Waals surface area contributed by atoms with Crippen molar-refractivity contribution in [1.29, 1.82) is 0 Å². The maximum Gasteiger partial charge on any atom is 0.243 e. The van der Waals surface area contributed by atoms with Gasteiger partial charge in [-0.2, -0.15) is 0 Å². The van der Waals surface area contributed by atoms with E-state index >= 15 is 0 Å². The number of hydrogen-bond acceptors (Lipinski definition) is 5. The number of rotatable bonds is 7. The Bertz CT molecular complexity index is 691. The van der Waals surface area contributed by atoms with Crippen molar-refractivity contribution in [3.05, 3.63) is 42.0 Å². The van der Waals surface area contributed by atoms with E-state index in [1.165, 1.54) is 21.3 Å². The monoisotopic (exact) mass is 330 g/mol. The number of aryl methyl sites for hydroxylation is 1. The Morgan fingerprint density at radius 2 is 1.62 bits per heavy atom. The lowest BCUT2D eigenvalue weighted by Crippen LogP contribution is -2.22. The molecule has 0 aliphatic carbocycles. The lowest BCUT2D eigenvalue weighted by Gasteiger charge is -2.15. The second kappa shape index (κ2) is 8.10. The first-order valence-corrected chi connectivity index (χ1v) is 7.48. The smallest absolute Gasteiger partial charge is 0.243 e. The topological polar surface area (TPSA) is 68.8 Å². The van der Waals surface area contributed by atoms with Crippen LogP contribution in [0.1, 0.15) is 5.56 Å². The third kappa shape index (κ3) is 4.10. The van der Waals surface area contributed by atoms with E-state index in [9.17, 15) is 4.79 Å². The van der Waals surface area contributed by atoms with E-state index in [2.05, 4.69) is 10.6 Å². The van der Waals surface area contributed by atoms with Crippen LogP contribution in [0.4, 0.5) is 11.4 Å². The molecule has 0 radical (unpaired) electrons. The summed E-state index contributed by atoms with van der Waals surface area (Å²) in [4.78, 5) is 12.2.